The largest absolute Gasteiger partial charge is 0.444 e. The molecule has 0 fully saturated rings. The number of carbonyl (C=O) groups is 1. The number of anilines is 1. The smallest absolute Gasteiger partial charge is 0.412 e. The number of amides is 1. The first-order valence-electron chi connectivity index (χ1n) is 5.67. The van der Waals surface area contributed by atoms with Crippen LogP contribution in [0.3, 0.4) is 0 Å². The molecule has 20 heavy (non-hydrogen) atoms. The van der Waals surface area contributed by atoms with E-state index in [1.54, 1.807) is 20.8 Å². The maximum atomic E-state index is 11.6. The number of halogens is 2. The first kappa shape index (κ1) is 17.1. The molecule has 0 aromatic heterocycles. The van der Waals surface area contributed by atoms with Crippen molar-refractivity contribution < 1.29 is 17.9 Å². The fourth-order valence-corrected chi connectivity index (χ4v) is 2.49. The highest BCUT2D eigenvalue weighted by Gasteiger charge is 2.17. The summed E-state index contributed by atoms with van der Waals surface area (Å²) >= 11 is 5.93. The zero-order valence-corrected chi connectivity index (χ0v) is 13.6. The Morgan fingerprint density at radius 3 is 2.45 bits per heavy atom. The highest BCUT2D eigenvalue weighted by molar-refractivity contribution is 8.13. The summed E-state index contributed by atoms with van der Waals surface area (Å²) in [4.78, 5) is 11.6. The van der Waals surface area contributed by atoms with Crippen LogP contribution in [0.5, 0.6) is 0 Å². The van der Waals surface area contributed by atoms with Gasteiger partial charge < -0.3 is 4.74 Å². The van der Waals surface area contributed by atoms with E-state index < -0.39 is 20.7 Å². The minimum atomic E-state index is -3.68. The van der Waals surface area contributed by atoms with Crippen LogP contribution < -0.4 is 5.32 Å². The summed E-state index contributed by atoms with van der Waals surface area (Å²) in [5.74, 6) is -0.352. The minimum Gasteiger partial charge on any atom is -0.444 e. The van der Waals surface area contributed by atoms with E-state index in [9.17, 15) is 13.2 Å². The molecule has 0 unspecified atom stereocenters. The van der Waals surface area contributed by atoms with Crippen molar-refractivity contribution in [3.05, 3.63) is 28.8 Å². The number of hydrogen-bond donors (Lipinski definition) is 1. The van der Waals surface area contributed by atoms with Gasteiger partial charge in [0.15, 0.2) is 0 Å². The summed E-state index contributed by atoms with van der Waals surface area (Å²) in [5, 5.41) is 2.73. The molecule has 0 saturated carbocycles. The minimum absolute atomic E-state index is 0.263. The molecule has 0 aliphatic rings. The summed E-state index contributed by atoms with van der Waals surface area (Å²) in [6.45, 7) is 5.18. The molecule has 1 aromatic carbocycles. The maximum Gasteiger partial charge on any atom is 0.412 e. The number of rotatable bonds is 3. The number of hydrogen-bond acceptors (Lipinski definition) is 4. The average molecular weight is 340 g/mol. The molecule has 1 amide bonds. The molecule has 5 nitrogen and oxygen atoms in total. The van der Waals surface area contributed by atoms with Crippen LogP contribution in [0.15, 0.2) is 18.2 Å². The van der Waals surface area contributed by atoms with Crippen LogP contribution in [0, 0.1) is 0 Å². The normalized spacial score (nSPS) is 12.1. The van der Waals surface area contributed by atoms with Crippen LogP contribution in [-0.2, 0) is 19.5 Å². The molecule has 0 bridgehead atoms. The van der Waals surface area contributed by atoms with E-state index in [2.05, 4.69) is 5.32 Å². The lowest BCUT2D eigenvalue weighted by Crippen LogP contribution is -2.27. The van der Waals surface area contributed by atoms with E-state index in [0.717, 1.165) is 0 Å². The molecule has 1 aromatic rings. The van der Waals surface area contributed by atoms with Crippen molar-refractivity contribution >= 4 is 43.1 Å². The van der Waals surface area contributed by atoms with Crippen LogP contribution in [0.2, 0.25) is 5.02 Å². The lowest BCUT2D eigenvalue weighted by molar-refractivity contribution is 0.0636. The van der Waals surface area contributed by atoms with Crippen molar-refractivity contribution in [1.82, 2.24) is 0 Å². The van der Waals surface area contributed by atoms with Crippen molar-refractivity contribution in [3.63, 3.8) is 0 Å². The Bertz CT molecular complexity index is 608. The zero-order valence-electron chi connectivity index (χ0n) is 11.2. The third-order valence-electron chi connectivity index (χ3n) is 2.01. The predicted octanol–water partition coefficient (Wildman–Crippen LogP) is 3.76. The highest BCUT2D eigenvalue weighted by Crippen LogP contribution is 2.25. The van der Waals surface area contributed by atoms with Gasteiger partial charge in [0.25, 0.3) is 0 Å². The summed E-state index contributed by atoms with van der Waals surface area (Å²) < 4.78 is 27.1. The highest BCUT2D eigenvalue weighted by atomic mass is 35.7. The molecule has 0 atom stereocenters. The molecule has 1 rings (SSSR count). The molecule has 0 heterocycles. The Morgan fingerprint density at radius 2 is 1.95 bits per heavy atom. The molecular formula is C12H15Cl2NO4S. The molecule has 8 heteroatoms. The number of nitrogens with one attached hydrogen (secondary N) is 1. The van der Waals surface area contributed by atoms with Gasteiger partial charge in [0.05, 0.1) is 16.5 Å². The fourth-order valence-electron chi connectivity index (χ4n) is 1.37. The van der Waals surface area contributed by atoms with Gasteiger partial charge in [-0.1, -0.05) is 17.7 Å². The summed E-state index contributed by atoms with van der Waals surface area (Å²) in [5.41, 5.74) is 0.0300. The average Bonchev–Trinajstić information content (AvgIpc) is 2.18. The van der Waals surface area contributed by atoms with Crippen LogP contribution in [-0.4, -0.2) is 20.1 Å². The molecular weight excluding hydrogens is 325 g/mol. The molecule has 0 saturated heterocycles. The molecule has 0 aliphatic heterocycles. The molecule has 0 spiro atoms. The van der Waals surface area contributed by atoms with Crippen molar-refractivity contribution in [2.24, 2.45) is 0 Å². The monoisotopic (exact) mass is 339 g/mol. The summed E-state index contributed by atoms with van der Waals surface area (Å²) in [6, 6.07) is 4.43. The van der Waals surface area contributed by atoms with Crippen LogP contribution in [0.25, 0.3) is 0 Å². The zero-order chi connectivity index (χ0) is 15.6. The Morgan fingerprint density at radius 1 is 1.35 bits per heavy atom. The van der Waals surface area contributed by atoms with Crippen molar-refractivity contribution in [3.8, 4) is 0 Å². The number of ether oxygens (including phenoxy) is 1. The Kier molecular flexibility index (Phi) is 5.29. The van der Waals surface area contributed by atoms with Gasteiger partial charge in [-0.3, -0.25) is 5.32 Å². The lowest BCUT2D eigenvalue weighted by Gasteiger charge is -2.20. The second-order valence-corrected chi connectivity index (χ2v) is 8.31. The third kappa shape index (κ3) is 6.45. The van der Waals surface area contributed by atoms with Crippen molar-refractivity contribution in [2.75, 3.05) is 5.32 Å². The van der Waals surface area contributed by atoms with Gasteiger partial charge in [0.2, 0.25) is 9.05 Å². The second-order valence-electron chi connectivity index (χ2n) is 5.12. The van der Waals surface area contributed by atoms with Crippen LogP contribution in [0.4, 0.5) is 10.5 Å². The standard InChI is InChI=1S/C12H15Cl2NO4S/c1-12(2,3)19-11(16)15-10-6-8(4-5-9(10)13)7-20(14,17)18/h4-6H,7H2,1-3H3,(H,15,16). The van der Waals surface area contributed by atoms with Crippen molar-refractivity contribution in [1.29, 1.82) is 0 Å². The van der Waals surface area contributed by atoms with Gasteiger partial charge in [-0.2, -0.15) is 0 Å². The summed E-state index contributed by atoms with van der Waals surface area (Å²) in [7, 11) is 1.50. The van der Waals surface area contributed by atoms with Gasteiger partial charge in [-0.15, -0.1) is 0 Å². The maximum absolute atomic E-state index is 11.6. The second kappa shape index (κ2) is 6.20. The Labute approximate surface area is 127 Å². The lowest BCUT2D eigenvalue weighted by atomic mass is 10.2. The SMILES string of the molecule is CC(C)(C)OC(=O)Nc1cc(CS(=O)(=O)Cl)ccc1Cl. The van der Waals surface area contributed by atoms with Gasteiger partial charge in [-0.25, -0.2) is 13.2 Å². The van der Waals surface area contributed by atoms with Gasteiger partial charge in [0.1, 0.15) is 5.60 Å². The summed E-state index contributed by atoms with van der Waals surface area (Å²) in [6.07, 6.45) is -0.676. The topological polar surface area (TPSA) is 72.5 Å². The Balaban J connectivity index is 2.90. The quantitative estimate of drug-likeness (QED) is 0.851. The predicted molar refractivity (Wildman–Crippen MR) is 79.8 cm³/mol. The molecule has 0 aliphatic carbocycles. The van der Waals surface area contributed by atoms with E-state index in [-0.39, 0.29) is 16.5 Å². The van der Waals surface area contributed by atoms with E-state index in [0.29, 0.717) is 5.56 Å². The molecule has 112 valence electrons. The van der Waals surface area contributed by atoms with E-state index in [4.69, 9.17) is 27.0 Å². The van der Waals surface area contributed by atoms with Gasteiger partial charge >= 0.3 is 6.09 Å². The first-order chi connectivity index (χ1) is 8.96. The van der Waals surface area contributed by atoms with Crippen molar-refractivity contribution in [2.45, 2.75) is 32.1 Å². The van der Waals surface area contributed by atoms with Crippen LogP contribution in [0.1, 0.15) is 26.3 Å². The molecule has 0 radical (unpaired) electrons. The third-order valence-corrected chi connectivity index (χ3v) is 3.34. The first-order valence-corrected chi connectivity index (χ1v) is 8.53. The van der Waals surface area contributed by atoms with E-state index in [1.807, 2.05) is 0 Å². The fraction of sp³-hybridized carbons (Fsp3) is 0.417. The van der Waals surface area contributed by atoms with Gasteiger partial charge in [0, 0.05) is 10.7 Å². The molecule has 1 N–H and O–H groups in total. The van der Waals surface area contributed by atoms with Crippen LogP contribution >= 0.6 is 22.3 Å². The number of carbonyl (C=O) groups excluding carboxylic acids is 1. The van der Waals surface area contributed by atoms with Gasteiger partial charge in [-0.05, 0) is 38.5 Å². The van der Waals surface area contributed by atoms with E-state index in [1.165, 1.54) is 18.2 Å². The van der Waals surface area contributed by atoms with E-state index >= 15 is 0 Å². The number of benzene rings is 1. The Hall–Kier alpha value is -0.980.